The van der Waals surface area contributed by atoms with Gasteiger partial charge in [-0.05, 0) is 38.5 Å². The molecule has 2 aromatic heterocycles. The molecule has 0 aliphatic heterocycles. The minimum atomic E-state index is -0.0925. The van der Waals surface area contributed by atoms with Gasteiger partial charge in [-0.2, -0.15) is 0 Å². The fraction of sp³-hybridized carbons (Fsp3) is 0.450. The first-order valence-corrected chi connectivity index (χ1v) is 9.04. The van der Waals surface area contributed by atoms with Gasteiger partial charge in [-0.1, -0.05) is 19.4 Å². The highest BCUT2D eigenvalue weighted by molar-refractivity contribution is 5.95. The van der Waals surface area contributed by atoms with Crippen LogP contribution in [-0.4, -0.2) is 34.8 Å². The van der Waals surface area contributed by atoms with Crippen molar-refractivity contribution in [2.24, 2.45) is 0 Å². The van der Waals surface area contributed by atoms with Crippen LogP contribution in [0.1, 0.15) is 53.8 Å². The molecule has 0 spiro atoms. The van der Waals surface area contributed by atoms with E-state index in [1.165, 1.54) is 0 Å². The molecule has 0 aliphatic carbocycles. The van der Waals surface area contributed by atoms with Gasteiger partial charge < -0.3 is 14.6 Å². The highest BCUT2D eigenvalue weighted by Crippen LogP contribution is 2.16. The van der Waals surface area contributed by atoms with Crippen LogP contribution in [0, 0.1) is 13.8 Å². The van der Waals surface area contributed by atoms with Crippen LogP contribution < -0.4 is 5.32 Å². The Hall–Kier alpha value is -2.63. The molecule has 1 N–H and O–H groups in total. The van der Waals surface area contributed by atoms with Gasteiger partial charge in [-0.15, -0.1) is 0 Å². The van der Waals surface area contributed by atoms with Crippen LogP contribution in [0.3, 0.4) is 0 Å². The third-order valence-corrected chi connectivity index (χ3v) is 4.14. The van der Waals surface area contributed by atoms with Gasteiger partial charge in [-0.25, -0.2) is 0 Å². The van der Waals surface area contributed by atoms with Crippen molar-refractivity contribution in [1.29, 1.82) is 0 Å². The molecule has 0 unspecified atom stereocenters. The molecular weight excluding hydrogens is 330 g/mol. The highest BCUT2D eigenvalue weighted by Gasteiger charge is 2.20. The Morgan fingerprint density at radius 1 is 1.23 bits per heavy atom. The van der Waals surface area contributed by atoms with E-state index in [1.54, 1.807) is 24.1 Å². The van der Waals surface area contributed by atoms with Crippen molar-refractivity contribution < 1.29 is 14.0 Å². The third kappa shape index (κ3) is 5.72. The summed E-state index contributed by atoms with van der Waals surface area (Å²) in [4.78, 5) is 30.8. The van der Waals surface area contributed by atoms with Gasteiger partial charge in [0.25, 0.3) is 5.91 Å². The van der Waals surface area contributed by atoms with Crippen LogP contribution in [0.5, 0.6) is 0 Å². The molecule has 0 radical (unpaired) electrons. The van der Waals surface area contributed by atoms with Crippen molar-refractivity contribution in [1.82, 2.24) is 15.2 Å². The third-order valence-electron chi connectivity index (χ3n) is 4.14. The predicted molar refractivity (Wildman–Crippen MR) is 99.7 cm³/mol. The lowest BCUT2D eigenvalue weighted by molar-refractivity contribution is -0.121. The van der Waals surface area contributed by atoms with E-state index in [0.29, 0.717) is 31.0 Å². The van der Waals surface area contributed by atoms with E-state index in [-0.39, 0.29) is 18.2 Å². The van der Waals surface area contributed by atoms with E-state index in [9.17, 15) is 9.59 Å². The molecule has 2 heterocycles. The number of pyridine rings is 1. The Labute approximate surface area is 154 Å². The molecule has 0 saturated carbocycles. The summed E-state index contributed by atoms with van der Waals surface area (Å²) in [6.07, 6.45) is 3.84. The van der Waals surface area contributed by atoms with Gasteiger partial charge in [0.2, 0.25) is 5.91 Å². The molecule has 0 saturated heterocycles. The molecule has 2 amide bonds. The van der Waals surface area contributed by atoms with Crippen LogP contribution in [0.15, 0.2) is 34.9 Å². The fourth-order valence-corrected chi connectivity index (χ4v) is 2.69. The minimum absolute atomic E-state index is 0.0784. The molecule has 140 valence electrons. The standard InChI is InChI=1S/C20H27N3O3/c1-4-5-11-23(20(25)18-13-15(2)26-16(18)3)12-9-19(24)22-14-17-8-6-7-10-21-17/h6-8,10,13H,4-5,9,11-12,14H2,1-3H3,(H,22,24). The molecule has 2 aromatic rings. The number of hydrogen-bond donors (Lipinski definition) is 1. The quantitative estimate of drug-likeness (QED) is 0.747. The molecular formula is C20H27N3O3. The first-order valence-electron chi connectivity index (χ1n) is 9.04. The van der Waals surface area contributed by atoms with E-state index < -0.39 is 0 Å². The monoisotopic (exact) mass is 357 g/mol. The predicted octanol–water partition coefficient (Wildman–Crippen LogP) is 3.24. The van der Waals surface area contributed by atoms with Crippen molar-refractivity contribution in [2.45, 2.75) is 46.6 Å². The summed E-state index contributed by atoms with van der Waals surface area (Å²) in [7, 11) is 0. The second-order valence-corrected chi connectivity index (χ2v) is 6.32. The van der Waals surface area contributed by atoms with E-state index >= 15 is 0 Å². The number of amides is 2. The first kappa shape index (κ1) is 19.7. The van der Waals surface area contributed by atoms with Gasteiger partial charge in [0.1, 0.15) is 11.5 Å². The number of aromatic nitrogens is 1. The zero-order chi connectivity index (χ0) is 18.9. The fourth-order valence-electron chi connectivity index (χ4n) is 2.69. The smallest absolute Gasteiger partial charge is 0.257 e. The number of furan rings is 1. The summed E-state index contributed by atoms with van der Waals surface area (Å²) < 4.78 is 5.47. The highest BCUT2D eigenvalue weighted by atomic mass is 16.3. The van der Waals surface area contributed by atoms with Gasteiger partial charge in [0.15, 0.2) is 0 Å². The zero-order valence-corrected chi connectivity index (χ0v) is 15.7. The van der Waals surface area contributed by atoms with Crippen molar-refractivity contribution in [3.8, 4) is 0 Å². The lowest BCUT2D eigenvalue weighted by Gasteiger charge is -2.22. The lowest BCUT2D eigenvalue weighted by Crippen LogP contribution is -2.36. The Kier molecular flexibility index (Phi) is 7.38. The van der Waals surface area contributed by atoms with Crippen LogP contribution in [0.25, 0.3) is 0 Å². The topological polar surface area (TPSA) is 75.4 Å². The number of unbranched alkanes of at least 4 members (excludes halogenated alkanes) is 1. The average Bonchev–Trinajstić information content (AvgIpc) is 2.98. The van der Waals surface area contributed by atoms with Gasteiger partial charge in [0, 0.05) is 25.7 Å². The molecule has 0 bridgehead atoms. The second kappa shape index (κ2) is 9.75. The number of carbonyl (C=O) groups is 2. The maximum atomic E-state index is 12.8. The molecule has 6 heteroatoms. The Morgan fingerprint density at radius 3 is 2.65 bits per heavy atom. The molecule has 26 heavy (non-hydrogen) atoms. The lowest BCUT2D eigenvalue weighted by atomic mass is 10.2. The molecule has 0 atom stereocenters. The molecule has 0 aliphatic rings. The summed E-state index contributed by atoms with van der Waals surface area (Å²) in [6.45, 7) is 7.10. The number of aryl methyl sites for hydroxylation is 2. The maximum Gasteiger partial charge on any atom is 0.257 e. The van der Waals surface area contributed by atoms with Crippen LogP contribution in [0.4, 0.5) is 0 Å². The van der Waals surface area contributed by atoms with Crippen molar-refractivity contribution >= 4 is 11.8 Å². The summed E-state index contributed by atoms with van der Waals surface area (Å²) in [5.74, 6) is 1.17. The van der Waals surface area contributed by atoms with E-state index in [0.717, 1.165) is 24.3 Å². The van der Waals surface area contributed by atoms with E-state index in [2.05, 4.69) is 17.2 Å². The van der Waals surface area contributed by atoms with Crippen LogP contribution in [-0.2, 0) is 11.3 Å². The van der Waals surface area contributed by atoms with Gasteiger partial charge in [0.05, 0.1) is 17.8 Å². The van der Waals surface area contributed by atoms with Crippen LogP contribution >= 0.6 is 0 Å². The number of nitrogens with zero attached hydrogens (tertiary/aromatic N) is 2. The summed E-state index contributed by atoms with van der Waals surface area (Å²) >= 11 is 0. The summed E-state index contributed by atoms with van der Waals surface area (Å²) in [5.41, 5.74) is 1.39. The minimum Gasteiger partial charge on any atom is -0.466 e. The van der Waals surface area contributed by atoms with E-state index in [4.69, 9.17) is 4.42 Å². The number of nitrogens with one attached hydrogen (secondary N) is 1. The molecule has 0 aromatic carbocycles. The normalized spacial score (nSPS) is 10.6. The maximum absolute atomic E-state index is 12.8. The van der Waals surface area contributed by atoms with Crippen molar-refractivity contribution in [3.63, 3.8) is 0 Å². The van der Waals surface area contributed by atoms with Crippen molar-refractivity contribution in [2.75, 3.05) is 13.1 Å². The van der Waals surface area contributed by atoms with Crippen molar-refractivity contribution in [3.05, 3.63) is 53.2 Å². The average molecular weight is 357 g/mol. The Balaban J connectivity index is 1.91. The summed E-state index contributed by atoms with van der Waals surface area (Å²) in [6, 6.07) is 7.34. The SMILES string of the molecule is CCCCN(CCC(=O)NCc1ccccn1)C(=O)c1cc(C)oc1C. The summed E-state index contributed by atoms with van der Waals surface area (Å²) in [5, 5.41) is 2.85. The number of carbonyl (C=O) groups excluding carboxylic acids is 2. The van der Waals surface area contributed by atoms with Crippen LogP contribution in [0.2, 0.25) is 0 Å². The molecule has 0 fully saturated rings. The van der Waals surface area contributed by atoms with Gasteiger partial charge >= 0.3 is 0 Å². The largest absolute Gasteiger partial charge is 0.466 e. The molecule has 6 nitrogen and oxygen atoms in total. The Bertz CT molecular complexity index is 725. The zero-order valence-electron chi connectivity index (χ0n) is 15.7. The second-order valence-electron chi connectivity index (χ2n) is 6.32. The Morgan fingerprint density at radius 2 is 2.04 bits per heavy atom. The number of hydrogen-bond acceptors (Lipinski definition) is 4. The van der Waals surface area contributed by atoms with E-state index in [1.807, 2.05) is 25.1 Å². The number of rotatable bonds is 9. The van der Waals surface area contributed by atoms with Gasteiger partial charge in [-0.3, -0.25) is 14.6 Å². The first-order chi connectivity index (χ1) is 12.5. The molecule has 2 rings (SSSR count).